The van der Waals surface area contributed by atoms with E-state index < -0.39 is 6.09 Å². The summed E-state index contributed by atoms with van der Waals surface area (Å²) in [7, 11) is 4.42. The first-order valence-corrected chi connectivity index (χ1v) is 9.79. The number of hydrazine groups is 1. The molecule has 2 atom stereocenters. The maximum absolute atomic E-state index is 10.5. The number of likely N-dealkylation sites (N-methyl/N-ethyl adjacent to an activating group) is 2. The maximum atomic E-state index is 10.5. The van der Waals surface area contributed by atoms with E-state index in [0.717, 1.165) is 13.0 Å². The van der Waals surface area contributed by atoms with Gasteiger partial charge in [0.1, 0.15) is 0 Å². The summed E-state index contributed by atoms with van der Waals surface area (Å²) in [6.07, 6.45) is 1.29. The molecule has 0 aromatic heterocycles. The lowest BCUT2D eigenvalue weighted by molar-refractivity contribution is 0.189. The molecule has 3 N–H and O–H groups in total. The second-order valence-electron chi connectivity index (χ2n) is 8.17. The Balaban J connectivity index is 1.58. The van der Waals surface area contributed by atoms with E-state index in [1.165, 1.54) is 34.4 Å². The molecule has 148 valence electrons. The number of hydrogen-bond acceptors (Lipinski definition) is 4. The molecule has 2 aliphatic heterocycles. The Morgan fingerprint density at radius 1 is 1.21 bits per heavy atom. The highest BCUT2D eigenvalue weighted by Gasteiger charge is 2.52. The number of amides is 1. The number of hydrogen-bond donors (Lipinski definition) is 3. The summed E-state index contributed by atoms with van der Waals surface area (Å²) >= 11 is 0. The third-order valence-corrected chi connectivity index (χ3v) is 6.32. The molecule has 0 unspecified atom stereocenters. The average Bonchev–Trinajstić information content (AvgIpc) is 3.11. The highest BCUT2D eigenvalue weighted by atomic mass is 16.4. The maximum Gasteiger partial charge on any atom is 0.419 e. The lowest BCUT2D eigenvalue weighted by Gasteiger charge is -2.32. The molecule has 1 amide bonds. The number of nitrogens with one attached hydrogen (secondary N) is 2. The second kappa shape index (κ2) is 7.11. The Kier molecular flexibility index (Phi) is 4.77. The molecule has 6 heteroatoms. The molecule has 28 heavy (non-hydrogen) atoms. The quantitative estimate of drug-likeness (QED) is 0.550. The highest BCUT2D eigenvalue weighted by molar-refractivity contribution is 5.73. The van der Waals surface area contributed by atoms with Crippen molar-refractivity contribution in [2.45, 2.75) is 31.3 Å². The molecule has 1 fully saturated rings. The molecule has 2 heterocycles. The van der Waals surface area contributed by atoms with Crippen LogP contribution in [0.25, 0.3) is 11.1 Å². The van der Waals surface area contributed by atoms with Gasteiger partial charge in [-0.15, -0.1) is 0 Å². The smallest absolute Gasteiger partial charge is 0.419 e. The minimum absolute atomic E-state index is 0.166. The van der Waals surface area contributed by atoms with Gasteiger partial charge >= 0.3 is 6.09 Å². The Hall–Kier alpha value is -2.57. The van der Waals surface area contributed by atoms with Gasteiger partial charge in [0, 0.05) is 31.2 Å². The minimum Gasteiger partial charge on any atom is -0.464 e. The highest BCUT2D eigenvalue weighted by Crippen LogP contribution is 2.51. The first-order valence-electron chi connectivity index (χ1n) is 9.79. The normalized spacial score (nSPS) is 23.5. The van der Waals surface area contributed by atoms with Crippen LogP contribution in [-0.2, 0) is 11.8 Å². The van der Waals surface area contributed by atoms with Crippen molar-refractivity contribution in [2.75, 3.05) is 32.1 Å². The first kappa shape index (κ1) is 18.8. The number of anilines is 1. The first-order chi connectivity index (χ1) is 13.4. The van der Waals surface area contributed by atoms with E-state index in [1.54, 1.807) is 0 Å². The van der Waals surface area contributed by atoms with Gasteiger partial charge in [0.2, 0.25) is 0 Å². The molecular formula is C22H28N4O2. The molecule has 2 aromatic carbocycles. The molecule has 0 saturated carbocycles. The zero-order chi connectivity index (χ0) is 19.9. The van der Waals surface area contributed by atoms with E-state index in [2.05, 4.69) is 84.1 Å². The van der Waals surface area contributed by atoms with Crippen molar-refractivity contribution in [2.24, 2.45) is 0 Å². The number of carbonyl (C=O) groups is 1. The summed E-state index contributed by atoms with van der Waals surface area (Å²) in [5, 5.41) is 8.62. The molecule has 4 rings (SSSR count). The van der Waals surface area contributed by atoms with Crippen LogP contribution in [0.3, 0.4) is 0 Å². The average molecular weight is 380 g/mol. The third-order valence-electron chi connectivity index (χ3n) is 6.32. The summed E-state index contributed by atoms with van der Waals surface area (Å²) in [5.74, 6) is 0. The van der Waals surface area contributed by atoms with Crippen molar-refractivity contribution in [3.63, 3.8) is 0 Å². The number of benzene rings is 2. The lowest BCUT2D eigenvalue weighted by atomic mass is 9.80. The molecule has 1 saturated heterocycles. The van der Waals surface area contributed by atoms with Crippen LogP contribution in [0, 0.1) is 0 Å². The fraction of sp³-hybridized carbons (Fsp3) is 0.409. The zero-order valence-electron chi connectivity index (χ0n) is 16.7. The van der Waals surface area contributed by atoms with E-state index >= 15 is 0 Å². The van der Waals surface area contributed by atoms with Crippen LogP contribution in [-0.4, -0.2) is 49.5 Å². The van der Waals surface area contributed by atoms with Crippen molar-refractivity contribution >= 4 is 11.8 Å². The molecule has 0 radical (unpaired) electrons. The van der Waals surface area contributed by atoms with Gasteiger partial charge in [0.15, 0.2) is 0 Å². The number of rotatable bonds is 5. The van der Waals surface area contributed by atoms with Gasteiger partial charge in [-0.05, 0) is 54.3 Å². The number of nitrogens with zero attached hydrogens (tertiary/aromatic N) is 2. The Bertz CT molecular complexity index is 900. The second-order valence-corrected chi connectivity index (χ2v) is 8.17. The van der Waals surface area contributed by atoms with Crippen LogP contribution >= 0.6 is 0 Å². The summed E-state index contributed by atoms with van der Waals surface area (Å²) in [4.78, 5) is 15.4. The third kappa shape index (κ3) is 3.12. The van der Waals surface area contributed by atoms with Crippen LogP contribution in [0.5, 0.6) is 0 Å². The van der Waals surface area contributed by atoms with Crippen molar-refractivity contribution in [1.82, 2.24) is 15.8 Å². The van der Waals surface area contributed by atoms with Crippen LogP contribution in [0.15, 0.2) is 42.5 Å². The van der Waals surface area contributed by atoms with Crippen molar-refractivity contribution in [3.8, 4) is 11.1 Å². The van der Waals surface area contributed by atoms with Crippen LogP contribution in [0.4, 0.5) is 10.5 Å². The number of fused-ring (bicyclic) bond motifs is 3. The predicted octanol–water partition coefficient (Wildman–Crippen LogP) is 3.04. The van der Waals surface area contributed by atoms with Gasteiger partial charge in [0.25, 0.3) is 0 Å². The minimum atomic E-state index is -1.07. The van der Waals surface area contributed by atoms with Gasteiger partial charge in [-0.1, -0.05) is 37.3 Å². The standard InChI is InChI=1S/C22H28N4O2/c1-22-10-12-25(2)20(22)26(3)19-8-7-17(14-18(19)22)16-6-4-5-15(13-16)9-11-23-24-21(27)28/h4-8,13-14,20,23-24H,9-12H2,1-3H3,(H,27,28)/t20-,22+/m1/s1. The fourth-order valence-corrected chi connectivity index (χ4v) is 5.01. The van der Waals surface area contributed by atoms with E-state index in [1.807, 2.05) is 0 Å². The van der Waals surface area contributed by atoms with Gasteiger partial charge in [-0.25, -0.2) is 10.2 Å². The Morgan fingerprint density at radius 3 is 2.79 bits per heavy atom. The molecular weight excluding hydrogens is 352 g/mol. The molecule has 0 aliphatic carbocycles. The van der Waals surface area contributed by atoms with E-state index in [0.29, 0.717) is 12.7 Å². The summed E-state index contributed by atoms with van der Waals surface area (Å²) < 4.78 is 0. The van der Waals surface area contributed by atoms with E-state index in [4.69, 9.17) is 5.11 Å². The van der Waals surface area contributed by atoms with Crippen molar-refractivity contribution in [1.29, 1.82) is 0 Å². The lowest BCUT2D eigenvalue weighted by Crippen LogP contribution is -2.45. The topological polar surface area (TPSA) is 67.8 Å². The molecule has 2 aromatic rings. The van der Waals surface area contributed by atoms with Crippen LogP contribution in [0.1, 0.15) is 24.5 Å². The van der Waals surface area contributed by atoms with Gasteiger partial charge in [-0.3, -0.25) is 10.3 Å². The number of carboxylic acid groups (broad SMARTS) is 1. The molecule has 6 nitrogen and oxygen atoms in total. The molecule has 0 bridgehead atoms. The largest absolute Gasteiger partial charge is 0.464 e. The van der Waals surface area contributed by atoms with Crippen molar-refractivity contribution < 1.29 is 9.90 Å². The van der Waals surface area contributed by atoms with Gasteiger partial charge < -0.3 is 10.0 Å². The van der Waals surface area contributed by atoms with E-state index in [9.17, 15) is 4.79 Å². The number of likely N-dealkylation sites (tertiary alicyclic amines) is 1. The van der Waals surface area contributed by atoms with Gasteiger partial charge in [0.05, 0.1) is 6.17 Å². The molecule has 0 spiro atoms. The van der Waals surface area contributed by atoms with Crippen LogP contribution in [0.2, 0.25) is 0 Å². The zero-order valence-corrected chi connectivity index (χ0v) is 16.7. The fourth-order valence-electron chi connectivity index (χ4n) is 5.01. The summed E-state index contributed by atoms with van der Waals surface area (Å²) in [6, 6.07) is 15.3. The Labute approximate surface area is 166 Å². The van der Waals surface area contributed by atoms with Gasteiger partial charge in [-0.2, -0.15) is 0 Å². The SMILES string of the molecule is CN1CC[C@@]2(C)c3cc(-c4cccc(CCNNC(=O)O)c4)ccc3N(C)[C@@H]12. The summed E-state index contributed by atoms with van der Waals surface area (Å²) in [6.45, 7) is 4.07. The monoisotopic (exact) mass is 380 g/mol. The van der Waals surface area contributed by atoms with Crippen molar-refractivity contribution in [3.05, 3.63) is 53.6 Å². The Morgan fingerprint density at radius 2 is 2.00 bits per heavy atom. The van der Waals surface area contributed by atoms with E-state index in [-0.39, 0.29) is 5.41 Å². The molecule has 2 aliphatic rings. The summed E-state index contributed by atoms with van der Waals surface area (Å²) in [5.41, 5.74) is 11.5. The van der Waals surface area contributed by atoms with Crippen LogP contribution < -0.4 is 15.8 Å². The predicted molar refractivity (Wildman–Crippen MR) is 112 cm³/mol.